The molecule has 0 bridgehead atoms. The monoisotopic (exact) mass is 253 g/mol. The van der Waals surface area contributed by atoms with Crippen LogP contribution in [-0.2, 0) is 0 Å². The Bertz CT molecular complexity index is 351. The molecule has 1 rings (SSSR count). The fraction of sp³-hybridized carbons (Fsp3) is 0.417. The van der Waals surface area contributed by atoms with Crippen LogP contribution in [0.15, 0.2) is 29.2 Å². The van der Waals surface area contributed by atoms with Crippen molar-refractivity contribution in [3.05, 3.63) is 24.3 Å². The number of thioether (sulfide) groups is 1. The van der Waals surface area contributed by atoms with Crippen molar-refractivity contribution in [2.75, 3.05) is 38.8 Å². The van der Waals surface area contributed by atoms with E-state index in [-0.39, 0.29) is 6.03 Å². The Balaban J connectivity index is 2.34. The normalized spacial score (nSPS) is 10.4. The van der Waals surface area contributed by atoms with Crippen molar-refractivity contribution in [3.63, 3.8) is 0 Å². The minimum atomic E-state index is -0.163. The number of nitrogens with one attached hydrogen (secondary N) is 2. The van der Waals surface area contributed by atoms with E-state index < -0.39 is 0 Å². The topological polar surface area (TPSA) is 44.4 Å². The SMILES string of the molecule is CSc1ccc(NC(=O)NCCN(C)C)cc1. The number of urea groups is 1. The van der Waals surface area contributed by atoms with E-state index in [0.29, 0.717) is 6.54 Å². The van der Waals surface area contributed by atoms with Crippen molar-refractivity contribution in [2.24, 2.45) is 0 Å². The van der Waals surface area contributed by atoms with Crippen LogP contribution in [0.4, 0.5) is 10.5 Å². The molecule has 0 saturated carbocycles. The maximum Gasteiger partial charge on any atom is 0.319 e. The Morgan fingerprint density at radius 1 is 1.29 bits per heavy atom. The highest BCUT2D eigenvalue weighted by Crippen LogP contribution is 2.17. The molecule has 0 radical (unpaired) electrons. The average molecular weight is 253 g/mol. The van der Waals surface area contributed by atoms with Crippen molar-refractivity contribution < 1.29 is 4.79 Å². The summed E-state index contributed by atoms with van der Waals surface area (Å²) >= 11 is 1.68. The zero-order valence-electron chi connectivity index (χ0n) is 10.5. The third-order valence-electron chi connectivity index (χ3n) is 2.19. The third kappa shape index (κ3) is 5.60. The molecule has 0 spiro atoms. The maximum atomic E-state index is 11.5. The van der Waals surface area contributed by atoms with Gasteiger partial charge in [-0.2, -0.15) is 0 Å². The van der Waals surface area contributed by atoms with Crippen LogP contribution in [0.25, 0.3) is 0 Å². The highest BCUT2D eigenvalue weighted by atomic mass is 32.2. The number of hydrogen-bond donors (Lipinski definition) is 2. The Morgan fingerprint density at radius 3 is 2.47 bits per heavy atom. The van der Waals surface area contributed by atoms with Crippen LogP contribution in [0.1, 0.15) is 0 Å². The fourth-order valence-corrected chi connectivity index (χ4v) is 1.65. The van der Waals surface area contributed by atoms with E-state index in [1.165, 1.54) is 4.90 Å². The molecule has 1 aromatic rings. The summed E-state index contributed by atoms with van der Waals surface area (Å²) in [4.78, 5) is 14.7. The Hall–Kier alpha value is -1.20. The number of amides is 2. The van der Waals surface area contributed by atoms with Gasteiger partial charge in [-0.1, -0.05) is 0 Å². The van der Waals surface area contributed by atoms with Crippen LogP contribution in [-0.4, -0.2) is 44.4 Å². The molecular weight excluding hydrogens is 234 g/mol. The summed E-state index contributed by atoms with van der Waals surface area (Å²) in [5.41, 5.74) is 0.810. The summed E-state index contributed by atoms with van der Waals surface area (Å²) in [6.07, 6.45) is 2.02. The molecule has 0 aliphatic rings. The van der Waals surface area contributed by atoms with Gasteiger partial charge >= 0.3 is 6.03 Å². The predicted molar refractivity (Wildman–Crippen MR) is 73.8 cm³/mol. The highest BCUT2D eigenvalue weighted by Gasteiger charge is 2.00. The largest absolute Gasteiger partial charge is 0.337 e. The van der Waals surface area contributed by atoms with Gasteiger partial charge in [0.25, 0.3) is 0 Å². The van der Waals surface area contributed by atoms with Crippen molar-refractivity contribution in [1.82, 2.24) is 10.2 Å². The number of carbonyl (C=O) groups excluding carboxylic acids is 1. The molecule has 94 valence electrons. The molecule has 0 aliphatic heterocycles. The number of likely N-dealkylation sites (N-methyl/N-ethyl adjacent to an activating group) is 1. The number of carbonyl (C=O) groups is 1. The first-order valence-electron chi connectivity index (χ1n) is 5.45. The molecule has 0 aromatic heterocycles. The zero-order valence-corrected chi connectivity index (χ0v) is 11.3. The Labute approximate surface area is 107 Å². The van der Waals surface area contributed by atoms with Crippen LogP contribution >= 0.6 is 11.8 Å². The first kappa shape index (κ1) is 13.9. The van der Waals surface area contributed by atoms with E-state index in [2.05, 4.69) is 10.6 Å². The van der Waals surface area contributed by atoms with Crippen LogP contribution in [0.2, 0.25) is 0 Å². The fourth-order valence-electron chi connectivity index (χ4n) is 1.24. The van der Waals surface area contributed by atoms with E-state index in [1.54, 1.807) is 11.8 Å². The average Bonchev–Trinajstić information content (AvgIpc) is 2.29. The molecule has 0 fully saturated rings. The molecule has 0 unspecified atom stereocenters. The van der Waals surface area contributed by atoms with Gasteiger partial charge in [-0.3, -0.25) is 0 Å². The smallest absolute Gasteiger partial charge is 0.319 e. The number of rotatable bonds is 5. The molecule has 17 heavy (non-hydrogen) atoms. The highest BCUT2D eigenvalue weighted by molar-refractivity contribution is 7.98. The van der Waals surface area contributed by atoms with Crippen LogP contribution < -0.4 is 10.6 Å². The molecule has 1 aromatic carbocycles. The van der Waals surface area contributed by atoms with E-state index in [0.717, 1.165) is 12.2 Å². The quantitative estimate of drug-likeness (QED) is 0.790. The van der Waals surface area contributed by atoms with Gasteiger partial charge in [-0.15, -0.1) is 11.8 Å². The number of anilines is 1. The van der Waals surface area contributed by atoms with Crippen molar-refractivity contribution in [1.29, 1.82) is 0 Å². The molecule has 2 amide bonds. The van der Waals surface area contributed by atoms with Crippen LogP contribution in [0.5, 0.6) is 0 Å². The minimum absolute atomic E-state index is 0.163. The molecule has 0 heterocycles. The van der Waals surface area contributed by atoms with E-state index in [4.69, 9.17) is 0 Å². The van der Waals surface area contributed by atoms with Gasteiger partial charge in [-0.05, 0) is 44.6 Å². The van der Waals surface area contributed by atoms with Gasteiger partial charge in [0.2, 0.25) is 0 Å². The molecule has 5 heteroatoms. The molecule has 0 atom stereocenters. The van der Waals surface area contributed by atoms with Crippen LogP contribution in [0, 0.1) is 0 Å². The second kappa shape index (κ2) is 7.19. The summed E-state index contributed by atoms with van der Waals surface area (Å²) in [5.74, 6) is 0. The third-order valence-corrected chi connectivity index (χ3v) is 2.94. The summed E-state index contributed by atoms with van der Waals surface area (Å²) in [7, 11) is 3.95. The summed E-state index contributed by atoms with van der Waals surface area (Å²) in [6.45, 7) is 1.47. The second-order valence-corrected chi connectivity index (χ2v) is 4.79. The lowest BCUT2D eigenvalue weighted by Gasteiger charge is -2.11. The molecule has 4 nitrogen and oxygen atoms in total. The Kier molecular flexibility index (Phi) is 5.86. The number of nitrogens with zero attached hydrogens (tertiary/aromatic N) is 1. The lowest BCUT2D eigenvalue weighted by atomic mass is 10.3. The van der Waals surface area contributed by atoms with Gasteiger partial charge in [-0.25, -0.2) is 4.79 Å². The molecule has 0 saturated heterocycles. The molecule has 2 N–H and O–H groups in total. The van der Waals surface area contributed by atoms with Gasteiger partial charge in [0, 0.05) is 23.7 Å². The first-order chi connectivity index (χ1) is 8.11. The molecule has 0 aliphatic carbocycles. The van der Waals surface area contributed by atoms with E-state index in [9.17, 15) is 4.79 Å². The van der Waals surface area contributed by atoms with Gasteiger partial charge < -0.3 is 15.5 Å². The Morgan fingerprint density at radius 2 is 1.94 bits per heavy atom. The minimum Gasteiger partial charge on any atom is -0.337 e. The van der Waals surface area contributed by atoms with E-state index >= 15 is 0 Å². The predicted octanol–water partition coefficient (Wildman–Crippen LogP) is 2.09. The second-order valence-electron chi connectivity index (χ2n) is 3.91. The van der Waals surface area contributed by atoms with Gasteiger partial charge in [0.05, 0.1) is 0 Å². The lowest BCUT2D eigenvalue weighted by molar-refractivity contribution is 0.250. The van der Waals surface area contributed by atoms with Crippen LogP contribution in [0.3, 0.4) is 0 Å². The lowest BCUT2D eigenvalue weighted by Crippen LogP contribution is -2.34. The molecular formula is C12H19N3OS. The summed E-state index contributed by atoms with van der Waals surface area (Å²) < 4.78 is 0. The zero-order chi connectivity index (χ0) is 12.7. The number of hydrogen-bond acceptors (Lipinski definition) is 3. The number of benzene rings is 1. The van der Waals surface area contributed by atoms with E-state index in [1.807, 2.05) is 49.5 Å². The summed E-state index contributed by atoms with van der Waals surface area (Å²) in [6, 6.07) is 7.61. The summed E-state index contributed by atoms with van der Waals surface area (Å²) in [5, 5.41) is 5.58. The van der Waals surface area contributed by atoms with Crippen molar-refractivity contribution in [3.8, 4) is 0 Å². The van der Waals surface area contributed by atoms with Gasteiger partial charge in [0.15, 0.2) is 0 Å². The maximum absolute atomic E-state index is 11.5. The van der Waals surface area contributed by atoms with Gasteiger partial charge in [0.1, 0.15) is 0 Å². The standard InChI is InChI=1S/C12H19N3OS/c1-15(2)9-8-13-12(16)14-10-4-6-11(17-3)7-5-10/h4-7H,8-9H2,1-3H3,(H2,13,14,16). The first-order valence-corrected chi connectivity index (χ1v) is 6.68. The van der Waals surface area contributed by atoms with Crippen molar-refractivity contribution >= 4 is 23.5 Å². The van der Waals surface area contributed by atoms with Crippen molar-refractivity contribution in [2.45, 2.75) is 4.90 Å².